The highest BCUT2D eigenvalue weighted by Gasteiger charge is 2.15. The van der Waals surface area contributed by atoms with Gasteiger partial charge in [-0.25, -0.2) is 4.79 Å². The van der Waals surface area contributed by atoms with Gasteiger partial charge in [0.05, 0.1) is 11.6 Å². The van der Waals surface area contributed by atoms with E-state index in [4.69, 9.17) is 4.74 Å². The van der Waals surface area contributed by atoms with Gasteiger partial charge in [-0.15, -0.1) is 22.7 Å². The van der Waals surface area contributed by atoms with Gasteiger partial charge in [0, 0.05) is 11.3 Å². The van der Waals surface area contributed by atoms with Crippen LogP contribution in [0.1, 0.15) is 39.9 Å². The summed E-state index contributed by atoms with van der Waals surface area (Å²) in [5, 5.41) is 5.59. The van der Waals surface area contributed by atoms with E-state index >= 15 is 0 Å². The van der Waals surface area contributed by atoms with Gasteiger partial charge >= 0.3 is 5.97 Å². The van der Waals surface area contributed by atoms with E-state index in [1.54, 1.807) is 18.3 Å². The number of rotatable bonds is 7. The van der Waals surface area contributed by atoms with Crippen molar-refractivity contribution in [2.75, 3.05) is 11.9 Å². The molecule has 0 spiro atoms. The number of ether oxygens (including phenoxy) is 1. The first-order valence-electron chi connectivity index (χ1n) is 7.20. The van der Waals surface area contributed by atoms with E-state index in [1.165, 1.54) is 16.2 Å². The lowest BCUT2D eigenvalue weighted by molar-refractivity contribution is -0.116. The summed E-state index contributed by atoms with van der Waals surface area (Å²) in [5.41, 5.74) is 0.831. The molecule has 22 heavy (non-hydrogen) atoms. The highest BCUT2D eigenvalue weighted by molar-refractivity contribution is 7.18. The molecule has 2 rings (SSSR count). The Morgan fingerprint density at radius 2 is 2.18 bits per heavy atom. The van der Waals surface area contributed by atoms with Gasteiger partial charge in [0.1, 0.15) is 4.88 Å². The summed E-state index contributed by atoms with van der Waals surface area (Å²) in [6.45, 7) is 3.97. The lowest BCUT2D eigenvalue weighted by Crippen LogP contribution is -2.10. The van der Waals surface area contributed by atoms with Crippen molar-refractivity contribution in [3.63, 3.8) is 0 Å². The van der Waals surface area contributed by atoms with Crippen molar-refractivity contribution < 1.29 is 14.3 Å². The molecule has 4 nitrogen and oxygen atoms in total. The molecule has 0 aliphatic carbocycles. The van der Waals surface area contributed by atoms with Gasteiger partial charge in [0.2, 0.25) is 5.91 Å². The minimum absolute atomic E-state index is 0.0202. The highest BCUT2D eigenvalue weighted by Crippen LogP contribution is 2.27. The summed E-state index contributed by atoms with van der Waals surface area (Å²) in [6, 6.07) is 5.91. The highest BCUT2D eigenvalue weighted by atomic mass is 32.1. The third-order valence-corrected chi connectivity index (χ3v) is 5.12. The van der Waals surface area contributed by atoms with E-state index in [-0.39, 0.29) is 11.9 Å². The van der Waals surface area contributed by atoms with Crippen molar-refractivity contribution in [1.29, 1.82) is 0 Å². The number of amides is 1. The monoisotopic (exact) mass is 337 g/mol. The van der Waals surface area contributed by atoms with Crippen LogP contribution in [0.25, 0.3) is 0 Å². The smallest absolute Gasteiger partial charge is 0.348 e. The summed E-state index contributed by atoms with van der Waals surface area (Å²) in [6.07, 6.45) is 2.22. The van der Waals surface area contributed by atoms with E-state index in [0.717, 1.165) is 18.4 Å². The number of nitrogens with one attached hydrogen (secondary N) is 1. The molecule has 0 unspecified atom stereocenters. The number of aryl methyl sites for hydroxylation is 2. The maximum Gasteiger partial charge on any atom is 0.348 e. The molecule has 0 aliphatic rings. The van der Waals surface area contributed by atoms with E-state index in [2.05, 4.69) is 11.4 Å². The zero-order valence-corrected chi connectivity index (χ0v) is 14.3. The molecular formula is C16H19NO3S2. The number of thiophene rings is 2. The molecule has 1 amide bonds. The van der Waals surface area contributed by atoms with Crippen LogP contribution >= 0.6 is 22.7 Å². The maximum absolute atomic E-state index is 11.9. The van der Waals surface area contributed by atoms with Crippen LogP contribution in [0.3, 0.4) is 0 Å². The molecule has 0 radical (unpaired) electrons. The minimum atomic E-state index is -0.330. The van der Waals surface area contributed by atoms with E-state index in [1.807, 2.05) is 24.4 Å². The summed E-state index contributed by atoms with van der Waals surface area (Å²) >= 11 is 2.97. The molecular weight excluding hydrogens is 318 g/mol. The third kappa shape index (κ3) is 4.68. The fourth-order valence-corrected chi connectivity index (χ4v) is 3.75. The van der Waals surface area contributed by atoms with Crippen LogP contribution in [0, 0.1) is 6.92 Å². The van der Waals surface area contributed by atoms with Gasteiger partial charge in [-0.2, -0.15) is 0 Å². The van der Waals surface area contributed by atoms with Crippen molar-refractivity contribution in [2.45, 2.75) is 33.1 Å². The van der Waals surface area contributed by atoms with Crippen LogP contribution in [0.15, 0.2) is 23.6 Å². The molecule has 0 saturated heterocycles. The summed E-state index contributed by atoms with van der Waals surface area (Å²) < 4.78 is 4.99. The summed E-state index contributed by atoms with van der Waals surface area (Å²) in [7, 11) is 0. The Balaban J connectivity index is 1.83. The Hall–Kier alpha value is -1.66. The fraction of sp³-hybridized carbons (Fsp3) is 0.375. The number of carbonyl (C=O) groups excluding carboxylic acids is 2. The summed E-state index contributed by atoms with van der Waals surface area (Å²) in [4.78, 5) is 25.5. The molecule has 0 aliphatic heterocycles. The molecule has 118 valence electrons. The fourth-order valence-electron chi connectivity index (χ4n) is 2.02. The number of esters is 1. The zero-order valence-electron chi connectivity index (χ0n) is 12.7. The van der Waals surface area contributed by atoms with Crippen LogP contribution in [-0.2, 0) is 16.0 Å². The zero-order chi connectivity index (χ0) is 15.9. The lowest BCUT2D eigenvalue weighted by atomic mass is 10.2. The van der Waals surface area contributed by atoms with Crippen molar-refractivity contribution in [1.82, 2.24) is 0 Å². The molecule has 0 bridgehead atoms. The predicted octanol–water partition coefficient (Wildman–Crippen LogP) is 4.26. The van der Waals surface area contributed by atoms with Crippen molar-refractivity contribution in [2.24, 2.45) is 0 Å². The number of anilines is 1. The number of carbonyl (C=O) groups is 2. The quantitative estimate of drug-likeness (QED) is 0.768. The standard InChI is InChI=1S/C16H19NO3S2/c1-3-20-16(19)15-11(2)10-14(22-15)17-13(18)8-4-6-12-7-5-9-21-12/h5,7,9-10H,3-4,6,8H2,1-2H3,(H,17,18). The van der Waals surface area contributed by atoms with Gasteiger partial charge < -0.3 is 10.1 Å². The topological polar surface area (TPSA) is 55.4 Å². The third-order valence-electron chi connectivity index (χ3n) is 3.05. The molecule has 2 aromatic rings. The molecule has 0 saturated carbocycles. The average Bonchev–Trinajstić information content (AvgIpc) is 3.09. The normalized spacial score (nSPS) is 10.5. The van der Waals surface area contributed by atoms with Gasteiger partial charge in [0.15, 0.2) is 0 Å². The van der Waals surface area contributed by atoms with Crippen LogP contribution in [0.5, 0.6) is 0 Å². The molecule has 0 atom stereocenters. The van der Waals surface area contributed by atoms with Crippen LogP contribution in [-0.4, -0.2) is 18.5 Å². The Morgan fingerprint density at radius 1 is 1.36 bits per heavy atom. The van der Waals surface area contributed by atoms with E-state index in [9.17, 15) is 9.59 Å². The van der Waals surface area contributed by atoms with Crippen molar-refractivity contribution in [3.05, 3.63) is 38.9 Å². The van der Waals surface area contributed by atoms with Gasteiger partial charge in [0.25, 0.3) is 0 Å². The minimum Gasteiger partial charge on any atom is -0.462 e. The number of hydrogen-bond donors (Lipinski definition) is 1. The molecule has 2 heterocycles. The van der Waals surface area contributed by atoms with E-state index in [0.29, 0.717) is 22.9 Å². The Morgan fingerprint density at radius 3 is 2.86 bits per heavy atom. The second kappa shape index (κ2) is 8.10. The van der Waals surface area contributed by atoms with Crippen molar-refractivity contribution >= 4 is 39.6 Å². The SMILES string of the molecule is CCOC(=O)c1sc(NC(=O)CCCc2cccs2)cc1C. The van der Waals surface area contributed by atoms with Crippen molar-refractivity contribution in [3.8, 4) is 0 Å². The maximum atomic E-state index is 11.9. The average molecular weight is 337 g/mol. The second-order valence-corrected chi connectivity index (χ2v) is 6.91. The molecule has 0 fully saturated rings. The first-order valence-corrected chi connectivity index (χ1v) is 8.89. The van der Waals surface area contributed by atoms with Crippen LogP contribution in [0.4, 0.5) is 5.00 Å². The second-order valence-electron chi connectivity index (χ2n) is 4.82. The largest absolute Gasteiger partial charge is 0.462 e. The molecule has 2 aromatic heterocycles. The van der Waals surface area contributed by atoms with Gasteiger partial charge in [-0.05, 0) is 49.8 Å². The lowest BCUT2D eigenvalue weighted by Gasteiger charge is -2.02. The first kappa shape index (κ1) is 16.7. The Labute approximate surface area is 138 Å². The van der Waals surface area contributed by atoms with Gasteiger partial charge in [-0.3, -0.25) is 4.79 Å². The Bertz CT molecular complexity index is 632. The molecule has 6 heteroatoms. The Kier molecular flexibility index (Phi) is 6.15. The molecule has 0 aromatic carbocycles. The first-order chi connectivity index (χ1) is 10.6. The van der Waals surface area contributed by atoms with Gasteiger partial charge in [-0.1, -0.05) is 6.07 Å². The predicted molar refractivity (Wildman–Crippen MR) is 90.9 cm³/mol. The number of hydrogen-bond acceptors (Lipinski definition) is 5. The van der Waals surface area contributed by atoms with Crippen LogP contribution < -0.4 is 5.32 Å². The summed E-state index contributed by atoms with van der Waals surface area (Å²) in [5.74, 6) is -0.351. The molecule has 1 N–H and O–H groups in total. The van der Waals surface area contributed by atoms with E-state index < -0.39 is 0 Å². The van der Waals surface area contributed by atoms with Crippen LogP contribution in [0.2, 0.25) is 0 Å².